The number of carbonyl (C=O) groups is 1. The molecule has 0 spiro atoms. The summed E-state index contributed by atoms with van der Waals surface area (Å²) in [6, 6.07) is 10.2. The fraction of sp³-hybridized carbons (Fsp3) is 0.143. The lowest BCUT2D eigenvalue weighted by molar-refractivity contribution is 0.0600. The highest BCUT2D eigenvalue weighted by Gasteiger charge is 2.09. The van der Waals surface area contributed by atoms with Gasteiger partial charge in [0.05, 0.1) is 34.9 Å². The lowest BCUT2D eigenvalue weighted by Crippen LogP contribution is -2.04. The van der Waals surface area contributed by atoms with Gasteiger partial charge >= 0.3 is 5.97 Å². The van der Waals surface area contributed by atoms with E-state index in [0.717, 1.165) is 0 Å². The van der Waals surface area contributed by atoms with E-state index in [1.807, 2.05) is 0 Å². The Labute approximate surface area is 124 Å². The van der Waals surface area contributed by atoms with E-state index in [2.05, 4.69) is 9.72 Å². The van der Waals surface area contributed by atoms with Crippen molar-refractivity contribution in [2.24, 2.45) is 0 Å². The minimum absolute atomic E-state index is 0.266. The molecule has 1 heterocycles. The molecule has 0 radical (unpaired) electrons. The zero-order valence-corrected chi connectivity index (χ0v) is 12.3. The summed E-state index contributed by atoms with van der Waals surface area (Å²) >= 11 is 5.86. The van der Waals surface area contributed by atoms with Crippen molar-refractivity contribution in [2.45, 2.75) is 10.6 Å². The normalized spacial score (nSPS) is 11.9. The van der Waals surface area contributed by atoms with Crippen LogP contribution in [0.4, 0.5) is 0 Å². The number of esters is 1. The highest BCUT2D eigenvalue weighted by Crippen LogP contribution is 2.16. The Morgan fingerprint density at radius 3 is 2.75 bits per heavy atom. The van der Waals surface area contributed by atoms with Crippen LogP contribution in [0.25, 0.3) is 0 Å². The molecule has 20 heavy (non-hydrogen) atoms. The van der Waals surface area contributed by atoms with Gasteiger partial charge in [-0.25, -0.2) is 4.79 Å². The molecule has 0 aliphatic heterocycles. The molecule has 2 rings (SSSR count). The summed E-state index contributed by atoms with van der Waals surface area (Å²) in [4.78, 5) is 16.0. The van der Waals surface area contributed by atoms with E-state index < -0.39 is 16.8 Å². The Kier molecular flexibility index (Phi) is 4.87. The van der Waals surface area contributed by atoms with Crippen LogP contribution in [0.1, 0.15) is 16.1 Å². The average molecular weight is 310 g/mol. The Morgan fingerprint density at radius 2 is 2.15 bits per heavy atom. The van der Waals surface area contributed by atoms with Gasteiger partial charge < -0.3 is 4.74 Å². The van der Waals surface area contributed by atoms with Crippen molar-refractivity contribution < 1.29 is 13.7 Å². The third-order valence-electron chi connectivity index (χ3n) is 2.58. The smallest absolute Gasteiger partial charge is 0.339 e. The molecular formula is C14H12ClNO3S. The van der Waals surface area contributed by atoms with Gasteiger partial charge in [-0.05, 0) is 30.3 Å². The van der Waals surface area contributed by atoms with Crippen LogP contribution < -0.4 is 0 Å². The fourth-order valence-corrected chi connectivity index (χ4v) is 2.92. The molecule has 0 saturated heterocycles. The Morgan fingerprint density at radius 1 is 1.35 bits per heavy atom. The monoisotopic (exact) mass is 309 g/mol. The summed E-state index contributed by atoms with van der Waals surface area (Å²) in [7, 11) is 0.0831. The maximum atomic E-state index is 12.2. The number of ether oxygens (including phenoxy) is 1. The molecule has 104 valence electrons. The van der Waals surface area contributed by atoms with Gasteiger partial charge in [0.2, 0.25) is 0 Å². The average Bonchev–Trinajstić information content (AvgIpc) is 2.47. The number of hydrogen-bond donors (Lipinski definition) is 0. The molecule has 2 aromatic rings. The molecular weight excluding hydrogens is 298 g/mol. The molecule has 0 fully saturated rings. The maximum Gasteiger partial charge on any atom is 0.339 e. The van der Waals surface area contributed by atoms with Crippen LogP contribution in [0.2, 0.25) is 5.02 Å². The topological polar surface area (TPSA) is 56.3 Å². The van der Waals surface area contributed by atoms with E-state index in [-0.39, 0.29) is 5.75 Å². The van der Waals surface area contributed by atoms with Gasteiger partial charge in [-0.3, -0.25) is 9.19 Å². The molecule has 0 aliphatic rings. The van der Waals surface area contributed by atoms with Gasteiger partial charge in [0, 0.05) is 16.1 Å². The number of methoxy groups -OCH3 is 1. The van der Waals surface area contributed by atoms with Crippen molar-refractivity contribution >= 4 is 28.4 Å². The molecule has 0 aliphatic carbocycles. The van der Waals surface area contributed by atoms with Crippen molar-refractivity contribution in [3.8, 4) is 0 Å². The number of pyridine rings is 1. The molecule has 1 aromatic carbocycles. The number of hydrogen-bond acceptors (Lipinski definition) is 4. The minimum atomic E-state index is -1.23. The van der Waals surface area contributed by atoms with E-state index in [1.165, 1.54) is 13.3 Å². The van der Waals surface area contributed by atoms with Gasteiger partial charge in [0.25, 0.3) is 0 Å². The van der Waals surface area contributed by atoms with Gasteiger partial charge in [0.15, 0.2) is 0 Å². The van der Waals surface area contributed by atoms with E-state index >= 15 is 0 Å². The quantitative estimate of drug-likeness (QED) is 0.815. The number of nitrogens with zero attached hydrogens (tertiary/aromatic N) is 1. The summed E-state index contributed by atoms with van der Waals surface area (Å²) in [5.41, 5.74) is 1.00. The molecule has 0 saturated carbocycles. The van der Waals surface area contributed by atoms with Crippen LogP contribution >= 0.6 is 11.6 Å². The van der Waals surface area contributed by atoms with Crippen LogP contribution in [0, 0.1) is 0 Å². The second-order valence-electron chi connectivity index (χ2n) is 3.98. The number of halogens is 1. The molecule has 4 nitrogen and oxygen atoms in total. The van der Waals surface area contributed by atoms with E-state index in [1.54, 1.807) is 36.4 Å². The van der Waals surface area contributed by atoms with E-state index in [9.17, 15) is 9.00 Å². The summed E-state index contributed by atoms with van der Waals surface area (Å²) in [6.45, 7) is 0. The van der Waals surface area contributed by atoms with Gasteiger partial charge in [0.1, 0.15) is 0 Å². The largest absolute Gasteiger partial charge is 0.465 e. The van der Waals surface area contributed by atoms with Crippen LogP contribution in [0.5, 0.6) is 0 Å². The first-order valence-corrected chi connectivity index (χ1v) is 7.47. The van der Waals surface area contributed by atoms with Crippen molar-refractivity contribution in [3.63, 3.8) is 0 Å². The van der Waals surface area contributed by atoms with E-state index in [4.69, 9.17) is 11.6 Å². The van der Waals surface area contributed by atoms with Crippen LogP contribution in [0.3, 0.4) is 0 Å². The summed E-state index contributed by atoms with van der Waals surface area (Å²) in [5.74, 6) is -0.179. The Balaban J connectivity index is 2.10. The first-order valence-electron chi connectivity index (χ1n) is 5.77. The van der Waals surface area contributed by atoms with Crippen LogP contribution in [0.15, 0.2) is 47.5 Å². The highest BCUT2D eigenvalue weighted by molar-refractivity contribution is 7.84. The van der Waals surface area contributed by atoms with Crippen LogP contribution in [-0.4, -0.2) is 22.3 Å². The zero-order valence-electron chi connectivity index (χ0n) is 10.7. The third kappa shape index (κ3) is 3.65. The number of aromatic nitrogens is 1. The highest BCUT2D eigenvalue weighted by atomic mass is 35.5. The number of rotatable bonds is 4. The molecule has 1 unspecified atom stereocenters. The van der Waals surface area contributed by atoms with Gasteiger partial charge in [-0.15, -0.1) is 0 Å². The zero-order chi connectivity index (χ0) is 14.5. The second-order valence-corrected chi connectivity index (χ2v) is 5.86. The molecule has 0 amide bonds. The third-order valence-corrected chi connectivity index (χ3v) is 4.16. The molecule has 1 atom stereocenters. The first kappa shape index (κ1) is 14.7. The summed E-state index contributed by atoms with van der Waals surface area (Å²) in [5, 5.41) is 0.546. The maximum absolute atomic E-state index is 12.2. The molecule has 6 heteroatoms. The Hall–Kier alpha value is -1.72. The number of benzene rings is 1. The fourth-order valence-electron chi connectivity index (χ4n) is 1.57. The predicted octanol–water partition coefficient (Wildman–Crippen LogP) is 2.83. The van der Waals surface area contributed by atoms with Crippen molar-refractivity contribution in [1.82, 2.24) is 4.98 Å². The standard InChI is InChI=1S/C14H12ClNO3S/c1-19-14(17)10-5-6-12(16-8-10)9-20(18)13-4-2-3-11(15)7-13/h2-8H,9H2,1H3. The summed E-state index contributed by atoms with van der Waals surface area (Å²) < 4.78 is 16.7. The van der Waals surface area contributed by atoms with E-state index in [0.29, 0.717) is 21.2 Å². The van der Waals surface area contributed by atoms with Gasteiger partial charge in [-0.2, -0.15) is 0 Å². The predicted molar refractivity (Wildman–Crippen MR) is 77.1 cm³/mol. The Bertz CT molecular complexity index is 643. The van der Waals surface area contributed by atoms with Crippen molar-refractivity contribution in [3.05, 3.63) is 58.9 Å². The summed E-state index contributed by atoms with van der Waals surface area (Å²) in [6.07, 6.45) is 1.41. The lowest BCUT2D eigenvalue weighted by Gasteiger charge is -2.04. The lowest BCUT2D eigenvalue weighted by atomic mass is 10.2. The van der Waals surface area contributed by atoms with Gasteiger partial charge in [-0.1, -0.05) is 17.7 Å². The SMILES string of the molecule is COC(=O)c1ccc(CS(=O)c2cccc(Cl)c2)nc1. The molecule has 1 aromatic heterocycles. The molecule has 0 bridgehead atoms. The van der Waals surface area contributed by atoms with Crippen LogP contribution in [-0.2, 0) is 21.3 Å². The number of carbonyl (C=O) groups excluding carboxylic acids is 1. The minimum Gasteiger partial charge on any atom is -0.465 e. The first-order chi connectivity index (χ1) is 9.60. The second kappa shape index (κ2) is 6.63. The molecule has 0 N–H and O–H groups in total. The van der Waals surface area contributed by atoms with Crippen molar-refractivity contribution in [1.29, 1.82) is 0 Å². The van der Waals surface area contributed by atoms with Crippen molar-refractivity contribution in [2.75, 3.05) is 7.11 Å².